The number of aromatic nitrogens is 2. The van der Waals surface area contributed by atoms with E-state index < -0.39 is 0 Å². The molecule has 0 aliphatic heterocycles. The fourth-order valence-corrected chi connectivity index (χ4v) is 0.803. The van der Waals surface area contributed by atoms with Gasteiger partial charge in [-0.25, -0.2) is 10.5 Å². The molecule has 0 aliphatic rings. The first kappa shape index (κ1) is 9.78. The number of aryl methyl sites for hydroxylation is 1. The zero-order chi connectivity index (χ0) is 9.68. The molecule has 68 valence electrons. The summed E-state index contributed by atoms with van der Waals surface area (Å²) in [6.45, 7) is 2.00. The summed E-state index contributed by atoms with van der Waals surface area (Å²) in [5, 5.41) is 0.164. The van der Waals surface area contributed by atoms with Crippen LogP contribution in [0, 0.1) is 19.3 Å². The number of hydrogen-bond donors (Lipinski definition) is 1. The molecule has 0 spiro atoms. The van der Waals surface area contributed by atoms with Crippen molar-refractivity contribution in [3.05, 3.63) is 17.0 Å². The topological polar surface area (TPSA) is 47.0 Å². The SMILES string of the molecule is C#CCONc1nc(Cl)ncc1C. The minimum absolute atomic E-state index is 0.164. The van der Waals surface area contributed by atoms with Crippen LogP contribution < -0.4 is 5.48 Å². The molecule has 4 nitrogen and oxygen atoms in total. The third kappa shape index (κ3) is 2.90. The van der Waals surface area contributed by atoms with Crippen LogP contribution in [0.1, 0.15) is 5.56 Å². The molecule has 0 amide bonds. The van der Waals surface area contributed by atoms with Crippen LogP contribution in [-0.4, -0.2) is 16.6 Å². The van der Waals surface area contributed by atoms with Gasteiger partial charge in [-0.2, -0.15) is 4.98 Å². The Morgan fingerprint density at radius 2 is 2.54 bits per heavy atom. The molecule has 0 bridgehead atoms. The van der Waals surface area contributed by atoms with Crippen LogP contribution in [0.15, 0.2) is 6.20 Å². The molecule has 0 atom stereocenters. The molecule has 0 unspecified atom stereocenters. The van der Waals surface area contributed by atoms with Crippen molar-refractivity contribution in [3.63, 3.8) is 0 Å². The average molecular weight is 198 g/mol. The van der Waals surface area contributed by atoms with Crippen molar-refractivity contribution in [3.8, 4) is 12.3 Å². The summed E-state index contributed by atoms with van der Waals surface area (Å²) < 4.78 is 0. The van der Waals surface area contributed by atoms with E-state index in [1.807, 2.05) is 6.92 Å². The lowest BCUT2D eigenvalue weighted by molar-refractivity contribution is 0.232. The van der Waals surface area contributed by atoms with Gasteiger partial charge in [0.15, 0.2) is 5.82 Å². The van der Waals surface area contributed by atoms with Crippen LogP contribution in [0.3, 0.4) is 0 Å². The Labute approximate surface area is 81.3 Å². The summed E-state index contributed by atoms with van der Waals surface area (Å²) in [6.07, 6.45) is 6.58. The fraction of sp³-hybridized carbons (Fsp3) is 0.250. The van der Waals surface area contributed by atoms with Crippen LogP contribution in [0.2, 0.25) is 5.28 Å². The lowest BCUT2D eigenvalue weighted by Crippen LogP contribution is -2.05. The highest BCUT2D eigenvalue weighted by atomic mass is 35.5. The lowest BCUT2D eigenvalue weighted by Gasteiger charge is -2.05. The highest BCUT2D eigenvalue weighted by molar-refractivity contribution is 6.28. The Hall–Kier alpha value is -1.31. The smallest absolute Gasteiger partial charge is 0.224 e. The average Bonchev–Trinajstić information content (AvgIpc) is 2.11. The maximum Gasteiger partial charge on any atom is 0.224 e. The Morgan fingerprint density at radius 3 is 3.23 bits per heavy atom. The van der Waals surface area contributed by atoms with Crippen molar-refractivity contribution in [2.45, 2.75) is 6.92 Å². The molecule has 1 aromatic heterocycles. The quantitative estimate of drug-likeness (QED) is 0.345. The van der Waals surface area contributed by atoms with Crippen molar-refractivity contribution in [2.24, 2.45) is 0 Å². The first-order valence-electron chi connectivity index (χ1n) is 3.54. The molecule has 0 aliphatic carbocycles. The van der Waals surface area contributed by atoms with Crippen molar-refractivity contribution in [2.75, 3.05) is 12.1 Å². The highest BCUT2D eigenvalue weighted by Gasteiger charge is 2.00. The molecule has 1 heterocycles. The Kier molecular flexibility index (Phi) is 3.50. The van der Waals surface area contributed by atoms with Gasteiger partial charge < -0.3 is 0 Å². The van der Waals surface area contributed by atoms with Gasteiger partial charge in [0.1, 0.15) is 6.61 Å². The van der Waals surface area contributed by atoms with E-state index in [0.29, 0.717) is 5.82 Å². The predicted molar refractivity (Wildman–Crippen MR) is 50.2 cm³/mol. The zero-order valence-electron chi connectivity index (χ0n) is 7.04. The van der Waals surface area contributed by atoms with Gasteiger partial charge in [0.2, 0.25) is 5.28 Å². The first-order chi connectivity index (χ1) is 6.24. The second kappa shape index (κ2) is 4.65. The summed E-state index contributed by atoms with van der Waals surface area (Å²) in [4.78, 5) is 12.5. The zero-order valence-corrected chi connectivity index (χ0v) is 7.80. The summed E-state index contributed by atoms with van der Waals surface area (Å²) >= 11 is 5.57. The summed E-state index contributed by atoms with van der Waals surface area (Å²) in [5.74, 6) is 2.83. The van der Waals surface area contributed by atoms with Crippen LogP contribution in [0.25, 0.3) is 0 Å². The third-order valence-electron chi connectivity index (χ3n) is 1.27. The van der Waals surface area contributed by atoms with E-state index in [4.69, 9.17) is 22.9 Å². The van der Waals surface area contributed by atoms with Crippen LogP contribution in [-0.2, 0) is 4.84 Å². The lowest BCUT2D eigenvalue weighted by atomic mass is 10.4. The second-order valence-corrected chi connectivity index (χ2v) is 2.60. The van der Waals surface area contributed by atoms with Crippen molar-refractivity contribution < 1.29 is 4.84 Å². The van der Waals surface area contributed by atoms with Crippen LogP contribution >= 0.6 is 11.6 Å². The summed E-state index contributed by atoms with van der Waals surface area (Å²) in [6, 6.07) is 0. The van der Waals surface area contributed by atoms with E-state index in [0.717, 1.165) is 5.56 Å². The molecule has 0 fully saturated rings. The molecule has 13 heavy (non-hydrogen) atoms. The number of nitrogens with zero attached hydrogens (tertiary/aromatic N) is 2. The van der Waals surface area contributed by atoms with Gasteiger partial charge in [0, 0.05) is 11.8 Å². The second-order valence-electron chi connectivity index (χ2n) is 2.27. The van der Waals surface area contributed by atoms with Gasteiger partial charge in [-0.3, -0.25) is 4.84 Å². The fourth-order valence-electron chi connectivity index (χ4n) is 0.670. The largest absolute Gasteiger partial charge is 0.262 e. The van der Waals surface area contributed by atoms with E-state index in [9.17, 15) is 0 Å². The van der Waals surface area contributed by atoms with Gasteiger partial charge in [0.05, 0.1) is 0 Å². The molecule has 0 aromatic carbocycles. The van der Waals surface area contributed by atoms with Crippen molar-refractivity contribution in [1.82, 2.24) is 9.97 Å². The van der Waals surface area contributed by atoms with Gasteiger partial charge in [-0.05, 0) is 18.5 Å². The van der Waals surface area contributed by atoms with Crippen molar-refractivity contribution >= 4 is 17.4 Å². The molecular weight excluding hydrogens is 190 g/mol. The molecule has 0 radical (unpaired) electrons. The normalized spacial score (nSPS) is 9.31. The Balaban J connectivity index is 2.65. The van der Waals surface area contributed by atoms with Crippen LogP contribution in [0.5, 0.6) is 0 Å². The predicted octanol–water partition coefficient (Wildman–Crippen LogP) is 1.42. The van der Waals surface area contributed by atoms with E-state index >= 15 is 0 Å². The number of nitrogens with one attached hydrogen (secondary N) is 1. The summed E-state index contributed by atoms with van der Waals surface area (Å²) in [5.41, 5.74) is 3.41. The minimum atomic E-state index is 0.164. The molecule has 1 N–H and O–H groups in total. The monoisotopic (exact) mass is 197 g/mol. The molecular formula is C8H8ClN3O. The van der Waals surface area contributed by atoms with Gasteiger partial charge >= 0.3 is 0 Å². The summed E-state index contributed by atoms with van der Waals surface area (Å²) in [7, 11) is 0. The Bertz CT molecular complexity index is 335. The van der Waals surface area contributed by atoms with Gasteiger partial charge in [0.25, 0.3) is 0 Å². The number of hydrogen-bond acceptors (Lipinski definition) is 4. The van der Waals surface area contributed by atoms with Gasteiger partial charge in [-0.1, -0.05) is 5.92 Å². The maximum atomic E-state index is 5.57. The van der Waals surface area contributed by atoms with E-state index in [1.165, 1.54) is 0 Å². The molecule has 0 saturated heterocycles. The van der Waals surface area contributed by atoms with E-state index in [2.05, 4.69) is 21.4 Å². The van der Waals surface area contributed by atoms with Crippen LogP contribution in [0.4, 0.5) is 5.82 Å². The number of terminal acetylenes is 1. The first-order valence-corrected chi connectivity index (χ1v) is 3.92. The molecule has 1 rings (SSSR count). The minimum Gasteiger partial charge on any atom is -0.262 e. The third-order valence-corrected chi connectivity index (χ3v) is 1.45. The number of rotatable bonds is 3. The number of halogens is 1. The molecule has 5 heteroatoms. The molecule has 1 aromatic rings. The number of anilines is 1. The maximum absolute atomic E-state index is 5.57. The Morgan fingerprint density at radius 1 is 1.77 bits per heavy atom. The van der Waals surface area contributed by atoms with E-state index in [-0.39, 0.29) is 11.9 Å². The van der Waals surface area contributed by atoms with Gasteiger partial charge in [-0.15, -0.1) is 6.42 Å². The standard InChI is InChI=1S/C8H8ClN3O/c1-3-4-13-12-7-6(2)5-10-8(9)11-7/h1,5H,4H2,2H3,(H,10,11,12). The highest BCUT2D eigenvalue weighted by Crippen LogP contribution is 2.11. The molecule has 0 saturated carbocycles. The van der Waals surface area contributed by atoms with E-state index in [1.54, 1.807) is 6.20 Å². The van der Waals surface area contributed by atoms with Crippen molar-refractivity contribution in [1.29, 1.82) is 0 Å².